The largest absolute Gasteiger partial charge is 0.443 e. The van der Waals surface area contributed by atoms with E-state index in [1.54, 1.807) is 0 Å². The standard InChI is InChI=1S/C11H19F2NO2/c1-9(2,3)10(16-8(14)15)4-6-11(12,13)7-5-10/h4-7H2,1-3H3,(H2,14,15). The number of carbonyl (C=O) groups excluding carboxylic acids is 1. The van der Waals surface area contributed by atoms with Crippen LogP contribution in [0.4, 0.5) is 13.6 Å². The van der Waals surface area contributed by atoms with Crippen LogP contribution < -0.4 is 5.73 Å². The number of alkyl halides is 2. The Morgan fingerprint density at radius 3 is 1.94 bits per heavy atom. The minimum absolute atomic E-state index is 0.159. The first kappa shape index (κ1) is 13.2. The Kier molecular flexibility index (Phi) is 3.18. The lowest BCUT2D eigenvalue weighted by atomic mass is 9.67. The van der Waals surface area contributed by atoms with Crippen LogP contribution in [0.5, 0.6) is 0 Å². The van der Waals surface area contributed by atoms with E-state index in [9.17, 15) is 13.6 Å². The summed E-state index contributed by atoms with van der Waals surface area (Å²) in [6.45, 7) is 5.62. The molecule has 1 rings (SSSR count). The Hall–Kier alpha value is -0.870. The van der Waals surface area contributed by atoms with Gasteiger partial charge >= 0.3 is 6.09 Å². The van der Waals surface area contributed by atoms with Crippen molar-refractivity contribution < 1.29 is 18.3 Å². The summed E-state index contributed by atoms with van der Waals surface area (Å²) in [5.41, 5.74) is 3.77. The number of primary amides is 1. The number of hydrogen-bond donors (Lipinski definition) is 1. The first-order valence-electron chi connectivity index (χ1n) is 5.44. The molecule has 94 valence electrons. The Morgan fingerprint density at radius 2 is 1.62 bits per heavy atom. The molecule has 1 amide bonds. The molecule has 1 aliphatic carbocycles. The van der Waals surface area contributed by atoms with Crippen molar-refractivity contribution >= 4 is 6.09 Å². The molecule has 5 heteroatoms. The van der Waals surface area contributed by atoms with E-state index in [0.29, 0.717) is 0 Å². The van der Waals surface area contributed by atoms with Crippen LogP contribution >= 0.6 is 0 Å². The smallest absolute Gasteiger partial charge is 0.405 e. The Bertz CT molecular complexity index is 274. The predicted octanol–water partition coefficient (Wildman–Crippen LogP) is 3.08. The summed E-state index contributed by atoms with van der Waals surface area (Å²) in [6.07, 6.45) is -1.08. The number of hydrogen-bond acceptors (Lipinski definition) is 2. The molecular weight excluding hydrogens is 216 g/mol. The Labute approximate surface area is 94.3 Å². The summed E-state index contributed by atoms with van der Waals surface area (Å²) in [4.78, 5) is 10.9. The normalized spacial score (nSPS) is 23.8. The lowest BCUT2D eigenvalue weighted by molar-refractivity contribution is -0.145. The molecule has 0 aromatic carbocycles. The molecule has 0 saturated heterocycles. The topological polar surface area (TPSA) is 52.3 Å². The van der Waals surface area contributed by atoms with Gasteiger partial charge in [0.15, 0.2) is 0 Å². The van der Waals surface area contributed by atoms with E-state index in [0.717, 1.165) is 0 Å². The maximum Gasteiger partial charge on any atom is 0.405 e. The van der Waals surface area contributed by atoms with Crippen molar-refractivity contribution in [2.75, 3.05) is 0 Å². The molecule has 1 aliphatic rings. The van der Waals surface area contributed by atoms with Crippen molar-refractivity contribution in [1.82, 2.24) is 0 Å². The fraction of sp³-hybridized carbons (Fsp3) is 0.909. The number of halogens is 2. The first-order chi connectivity index (χ1) is 7.08. The summed E-state index contributed by atoms with van der Waals surface area (Å²) in [5, 5.41) is 0. The van der Waals surface area contributed by atoms with Gasteiger partial charge in [0.2, 0.25) is 5.92 Å². The van der Waals surface area contributed by atoms with Gasteiger partial charge in [0.25, 0.3) is 0 Å². The molecule has 16 heavy (non-hydrogen) atoms. The van der Waals surface area contributed by atoms with Crippen LogP contribution in [-0.4, -0.2) is 17.6 Å². The molecule has 3 nitrogen and oxygen atoms in total. The minimum Gasteiger partial charge on any atom is -0.443 e. The van der Waals surface area contributed by atoms with Gasteiger partial charge in [-0.2, -0.15) is 0 Å². The average molecular weight is 235 g/mol. The molecule has 0 aromatic heterocycles. The van der Waals surface area contributed by atoms with E-state index in [1.807, 2.05) is 20.8 Å². The second-order valence-corrected chi connectivity index (χ2v) is 5.52. The SMILES string of the molecule is CC(C)(C)C1(OC(N)=O)CCC(F)(F)CC1. The summed E-state index contributed by atoms with van der Waals surface area (Å²) in [6, 6.07) is 0. The number of rotatable bonds is 1. The number of ether oxygens (including phenoxy) is 1. The number of carbonyl (C=O) groups is 1. The van der Waals surface area contributed by atoms with E-state index in [-0.39, 0.29) is 25.7 Å². The first-order valence-corrected chi connectivity index (χ1v) is 5.44. The molecule has 0 aromatic rings. The summed E-state index contributed by atoms with van der Waals surface area (Å²) in [7, 11) is 0. The highest BCUT2D eigenvalue weighted by molar-refractivity contribution is 5.65. The molecule has 1 saturated carbocycles. The summed E-state index contributed by atoms with van der Waals surface area (Å²) >= 11 is 0. The third-order valence-corrected chi connectivity index (χ3v) is 3.45. The third kappa shape index (κ3) is 2.62. The zero-order valence-corrected chi connectivity index (χ0v) is 9.98. The molecule has 2 N–H and O–H groups in total. The van der Waals surface area contributed by atoms with Crippen molar-refractivity contribution in [3.05, 3.63) is 0 Å². The van der Waals surface area contributed by atoms with Crippen molar-refractivity contribution in [3.8, 4) is 0 Å². The van der Waals surface area contributed by atoms with Gasteiger partial charge in [0.1, 0.15) is 5.60 Å². The zero-order chi connectivity index (χ0) is 12.6. The number of nitrogens with two attached hydrogens (primary N) is 1. The van der Waals surface area contributed by atoms with E-state index in [1.165, 1.54) is 0 Å². The van der Waals surface area contributed by atoms with Crippen LogP contribution in [0.25, 0.3) is 0 Å². The second-order valence-electron chi connectivity index (χ2n) is 5.52. The van der Waals surface area contributed by atoms with Gasteiger partial charge < -0.3 is 10.5 Å². The fourth-order valence-corrected chi connectivity index (χ4v) is 2.22. The van der Waals surface area contributed by atoms with Crippen molar-refractivity contribution in [2.24, 2.45) is 11.1 Å². The predicted molar refractivity (Wildman–Crippen MR) is 56.3 cm³/mol. The molecule has 0 radical (unpaired) electrons. The van der Waals surface area contributed by atoms with Crippen LogP contribution in [0.1, 0.15) is 46.5 Å². The van der Waals surface area contributed by atoms with Crippen LogP contribution in [0.2, 0.25) is 0 Å². The lowest BCUT2D eigenvalue weighted by Gasteiger charge is -2.47. The highest BCUT2D eigenvalue weighted by atomic mass is 19.3. The van der Waals surface area contributed by atoms with Crippen molar-refractivity contribution in [3.63, 3.8) is 0 Å². The van der Waals surface area contributed by atoms with Gasteiger partial charge in [-0.25, -0.2) is 13.6 Å². The maximum atomic E-state index is 13.1. The van der Waals surface area contributed by atoms with Gasteiger partial charge in [-0.3, -0.25) is 0 Å². The maximum absolute atomic E-state index is 13.1. The van der Waals surface area contributed by atoms with E-state index >= 15 is 0 Å². The van der Waals surface area contributed by atoms with Crippen LogP contribution in [-0.2, 0) is 4.74 Å². The van der Waals surface area contributed by atoms with Crippen LogP contribution in [0.3, 0.4) is 0 Å². The average Bonchev–Trinajstić information content (AvgIpc) is 2.06. The summed E-state index contributed by atoms with van der Waals surface area (Å²) in [5.74, 6) is -2.64. The van der Waals surface area contributed by atoms with Crippen LogP contribution in [0.15, 0.2) is 0 Å². The summed E-state index contributed by atoms with van der Waals surface area (Å²) < 4.78 is 31.3. The van der Waals surface area contributed by atoms with E-state index in [4.69, 9.17) is 10.5 Å². The monoisotopic (exact) mass is 235 g/mol. The molecule has 0 spiro atoms. The van der Waals surface area contributed by atoms with Gasteiger partial charge in [-0.15, -0.1) is 0 Å². The van der Waals surface area contributed by atoms with Gasteiger partial charge in [-0.1, -0.05) is 20.8 Å². The minimum atomic E-state index is -2.64. The highest BCUT2D eigenvalue weighted by Gasteiger charge is 2.51. The molecular formula is C11H19F2NO2. The van der Waals surface area contributed by atoms with Crippen molar-refractivity contribution in [2.45, 2.75) is 58.0 Å². The molecule has 0 atom stereocenters. The van der Waals surface area contributed by atoms with E-state index in [2.05, 4.69) is 0 Å². The molecule has 1 fully saturated rings. The molecule has 0 heterocycles. The lowest BCUT2D eigenvalue weighted by Crippen LogP contribution is -2.52. The molecule has 0 bridgehead atoms. The van der Waals surface area contributed by atoms with Gasteiger partial charge in [0, 0.05) is 18.3 Å². The molecule has 0 aliphatic heterocycles. The number of amides is 1. The second kappa shape index (κ2) is 3.86. The fourth-order valence-electron chi connectivity index (χ4n) is 2.22. The zero-order valence-electron chi connectivity index (χ0n) is 9.98. The highest BCUT2D eigenvalue weighted by Crippen LogP contribution is 2.48. The molecule has 0 unspecified atom stereocenters. The Balaban J connectivity index is 2.87. The van der Waals surface area contributed by atoms with Crippen LogP contribution in [0, 0.1) is 5.41 Å². The van der Waals surface area contributed by atoms with Gasteiger partial charge in [0.05, 0.1) is 0 Å². The Morgan fingerprint density at radius 1 is 1.19 bits per heavy atom. The van der Waals surface area contributed by atoms with Gasteiger partial charge in [-0.05, 0) is 12.8 Å². The van der Waals surface area contributed by atoms with Crippen molar-refractivity contribution in [1.29, 1.82) is 0 Å². The quantitative estimate of drug-likeness (QED) is 0.759. The third-order valence-electron chi connectivity index (χ3n) is 3.45. The van der Waals surface area contributed by atoms with E-state index < -0.39 is 23.0 Å².